The van der Waals surface area contributed by atoms with Gasteiger partial charge in [-0.3, -0.25) is 4.99 Å². The number of nitrogens with zero attached hydrogens (tertiary/aromatic N) is 4. The molecule has 1 aromatic heterocycles. The lowest BCUT2D eigenvalue weighted by Crippen LogP contribution is -2.39. The van der Waals surface area contributed by atoms with Gasteiger partial charge in [0.1, 0.15) is 11.6 Å². The van der Waals surface area contributed by atoms with Gasteiger partial charge in [-0.1, -0.05) is 36.2 Å². The zero-order chi connectivity index (χ0) is 18.2. The zero-order valence-electron chi connectivity index (χ0n) is 15.3. The molecule has 7 heteroatoms. The molecule has 2 aromatic rings. The lowest BCUT2D eigenvalue weighted by atomic mass is 10.1. The summed E-state index contributed by atoms with van der Waals surface area (Å²) in [6, 6.07) is 7.93. The van der Waals surface area contributed by atoms with Crippen molar-refractivity contribution in [3.8, 4) is 0 Å². The average molecular weight is 375 g/mol. The van der Waals surface area contributed by atoms with Crippen molar-refractivity contribution in [3.63, 3.8) is 0 Å². The summed E-state index contributed by atoms with van der Waals surface area (Å²) < 4.78 is 2.29. The van der Waals surface area contributed by atoms with Crippen LogP contribution in [0, 0.1) is 0 Å². The first-order chi connectivity index (χ1) is 12.8. The Morgan fingerprint density at radius 1 is 1.12 bits per heavy atom. The number of benzene rings is 1. The molecule has 1 aliphatic rings. The molecular formula is C19H27ClN6. The molecule has 2 N–H and O–H groups in total. The monoisotopic (exact) mass is 374 g/mol. The third-order valence-electron chi connectivity index (χ3n) is 4.70. The van der Waals surface area contributed by atoms with Crippen LogP contribution >= 0.6 is 11.6 Å². The summed E-state index contributed by atoms with van der Waals surface area (Å²) in [6.45, 7) is 2.61. The van der Waals surface area contributed by atoms with E-state index in [9.17, 15) is 0 Å². The number of fused-ring (bicyclic) bond motifs is 1. The third-order valence-corrected chi connectivity index (χ3v) is 5.06. The van der Waals surface area contributed by atoms with Crippen LogP contribution in [0.5, 0.6) is 0 Å². The van der Waals surface area contributed by atoms with Gasteiger partial charge in [0.25, 0.3) is 0 Å². The van der Waals surface area contributed by atoms with E-state index < -0.39 is 0 Å². The molecule has 0 saturated carbocycles. The smallest absolute Gasteiger partial charge is 0.191 e. The summed E-state index contributed by atoms with van der Waals surface area (Å²) in [6.07, 6.45) is 6.47. The van der Waals surface area contributed by atoms with Gasteiger partial charge >= 0.3 is 0 Å². The van der Waals surface area contributed by atoms with E-state index in [-0.39, 0.29) is 0 Å². The second-order valence-corrected chi connectivity index (χ2v) is 6.92. The number of rotatable bonds is 6. The molecular weight excluding hydrogens is 348 g/mol. The second kappa shape index (κ2) is 9.57. The minimum Gasteiger partial charge on any atom is -0.356 e. The fourth-order valence-electron chi connectivity index (χ4n) is 3.26. The van der Waals surface area contributed by atoms with E-state index in [1.165, 1.54) is 19.3 Å². The summed E-state index contributed by atoms with van der Waals surface area (Å²) in [5.41, 5.74) is 1.14. The Balaban J connectivity index is 1.43. The van der Waals surface area contributed by atoms with Crippen LogP contribution in [0.3, 0.4) is 0 Å². The summed E-state index contributed by atoms with van der Waals surface area (Å²) in [5, 5.41) is 16.2. The van der Waals surface area contributed by atoms with Gasteiger partial charge in [-0.2, -0.15) is 0 Å². The number of aromatic nitrogens is 3. The molecule has 0 amide bonds. The number of hydrogen-bond acceptors (Lipinski definition) is 3. The standard InChI is InChI=1S/C19H27ClN6/c1-21-19(22-12-10-15-7-4-5-8-16(15)20)23-13-11-18-25-24-17-9-3-2-6-14-26(17)18/h4-5,7-8H,2-3,6,9-14H2,1H3,(H2,21,22,23). The Morgan fingerprint density at radius 2 is 1.92 bits per heavy atom. The van der Waals surface area contributed by atoms with E-state index in [1.54, 1.807) is 7.05 Å². The molecule has 0 spiro atoms. The Bertz CT molecular complexity index is 739. The highest BCUT2D eigenvalue weighted by molar-refractivity contribution is 6.31. The topological polar surface area (TPSA) is 67.1 Å². The highest BCUT2D eigenvalue weighted by atomic mass is 35.5. The lowest BCUT2D eigenvalue weighted by Gasteiger charge is -2.12. The number of guanidine groups is 1. The van der Waals surface area contributed by atoms with E-state index in [1.807, 2.05) is 18.2 Å². The number of aryl methyl sites for hydroxylation is 1. The lowest BCUT2D eigenvalue weighted by molar-refractivity contribution is 0.600. The maximum absolute atomic E-state index is 6.19. The first-order valence-electron chi connectivity index (χ1n) is 9.37. The molecule has 0 aliphatic carbocycles. The van der Waals surface area contributed by atoms with Crippen LogP contribution in [0.25, 0.3) is 0 Å². The number of hydrogen-bond donors (Lipinski definition) is 2. The number of nitrogens with one attached hydrogen (secondary N) is 2. The predicted octanol–water partition coefficient (Wildman–Crippen LogP) is 2.61. The molecule has 140 valence electrons. The predicted molar refractivity (Wildman–Crippen MR) is 106 cm³/mol. The van der Waals surface area contributed by atoms with Crippen LogP contribution in [0.2, 0.25) is 5.02 Å². The van der Waals surface area contributed by atoms with Crippen LogP contribution in [-0.4, -0.2) is 40.9 Å². The maximum Gasteiger partial charge on any atom is 0.191 e. The van der Waals surface area contributed by atoms with E-state index in [4.69, 9.17) is 11.6 Å². The summed E-state index contributed by atoms with van der Waals surface area (Å²) >= 11 is 6.19. The second-order valence-electron chi connectivity index (χ2n) is 6.51. The van der Waals surface area contributed by atoms with Crippen molar-refractivity contribution in [2.45, 2.75) is 45.1 Å². The van der Waals surface area contributed by atoms with Gasteiger partial charge < -0.3 is 15.2 Å². The van der Waals surface area contributed by atoms with Crippen LogP contribution in [0.15, 0.2) is 29.3 Å². The van der Waals surface area contributed by atoms with Gasteiger partial charge in [-0.25, -0.2) is 0 Å². The van der Waals surface area contributed by atoms with Crippen molar-refractivity contribution in [2.24, 2.45) is 4.99 Å². The van der Waals surface area contributed by atoms with Crippen molar-refractivity contribution >= 4 is 17.6 Å². The van der Waals surface area contributed by atoms with Crippen molar-refractivity contribution in [3.05, 3.63) is 46.5 Å². The first-order valence-corrected chi connectivity index (χ1v) is 9.74. The first kappa shape index (κ1) is 18.7. The molecule has 0 saturated heterocycles. The van der Waals surface area contributed by atoms with Crippen LogP contribution in [0.1, 0.15) is 36.5 Å². The van der Waals surface area contributed by atoms with Gasteiger partial charge in [-0.05, 0) is 30.9 Å². The van der Waals surface area contributed by atoms with E-state index in [2.05, 4.69) is 36.5 Å². The molecule has 0 atom stereocenters. The van der Waals surface area contributed by atoms with Crippen molar-refractivity contribution in [1.82, 2.24) is 25.4 Å². The Kier molecular flexibility index (Phi) is 6.89. The SMILES string of the molecule is CN=C(NCCc1ccccc1Cl)NCCc1nnc2n1CCCCC2. The molecule has 6 nitrogen and oxygen atoms in total. The molecule has 0 fully saturated rings. The maximum atomic E-state index is 6.19. The fraction of sp³-hybridized carbons (Fsp3) is 0.526. The summed E-state index contributed by atoms with van der Waals surface area (Å²) in [4.78, 5) is 4.28. The molecule has 0 bridgehead atoms. The van der Waals surface area contributed by atoms with E-state index in [0.29, 0.717) is 0 Å². The number of aliphatic imine (C=N–C) groups is 1. The largest absolute Gasteiger partial charge is 0.356 e. The molecule has 1 aliphatic heterocycles. The highest BCUT2D eigenvalue weighted by Gasteiger charge is 2.14. The van der Waals surface area contributed by atoms with Gasteiger partial charge in [-0.15, -0.1) is 10.2 Å². The minimum absolute atomic E-state index is 0.781. The van der Waals surface area contributed by atoms with Crippen LogP contribution in [-0.2, 0) is 25.8 Å². The molecule has 1 aromatic carbocycles. The van der Waals surface area contributed by atoms with Crippen LogP contribution in [0.4, 0.5) is 0 Å². The van der Waals surface area contributed by atoms with Gasteiger partial charge in [0.05, 0.1) is 0 Å². The van der Waals surface area contributed by atoms with Crippen molar-refractivity contribution in [1.29, 1.82) is 0 Å². The quantitative estimate of drug-likeness (QED) is 0.602. The van der Waals surface area contributed by atoms with Crippen molar-refractivity contribution < 1.29 is 0 Å². The normalized spacial score (nSPS) is 14.6. The van der Waals surface area contributed by atoms with E-state index >= 15 is 0 Å². The molecule has 26 heavy (non-hydrogen) atoms. The van der Waals surface area contributed by atoms with Gasteiger partial charge in [0.15, 0.2) is 5.96 Å². The molecule has 0 radical (unpaired) electrons. The third kappa shape index (κ3) is 4.97. The highest BCUT2D eigenvalue weighted by Crippen LogP contribution is 2.15. The summed E-state index contributed by atoms with van der Waals surface area (Å²) in [5.74, 6) is 3.01. The number of halogens is 1. The fourth-order valence-corrected chi connectivity index (χ4v) is 3.49. The van der Waals surface area contributed by atoms with Crippen LogP contribution < -0.4 is 10.6 Å². The Morgan fingerprint density at radius 3 is 2.73 bits per heavy atom. The molecule has 0 unspecified atom stereocenters. The van der Waals surface area contributed by atoms with Crippen molar-refractivity contribution in [2.75, 3.05) is 20.1 Å². The molecule has 2 heterocycles. The van der Waals surface area contributed by atoms with Gasteiger partial charge in [0, 0.05) is 44.5 Å². The zero-order valence-corrected chi connectivity index (χ0v) is 16.1. The Labute approximate surface area is 160 Å². The average Bonchev–Trinajstić information content (AvgIpc) is 2.88. The molecule has 3 rings (SSSR count). The van der Waals surface area contributed by atoms with E-state index in [0.717, 1.165) is 67.1 Å². The summed E-state index contributed by atoms with van der Waals surface area (Å²) in [7, 11) is 1.79. The minimum atomic E-state index is 0.781. The Hall–Kier alpha value is -2.08. The van der Waals surface area contributed by atoms with Gasteiger partial charge in [0.2, 0.25) is 0 Å².